The summed E-state index contributed by atoms with van der Waals surface area (Å²) in [5.41, 5.74) is -0.118. The van der Waals surface area contributed by atoms with E-state index in [1.54, 1.807) is 0 Å². The Balaban J connectivity index is 2.29. The smallest absolute Gasteiger partial charge is 0.351 e. The van der Waals surface area contributed by atoms with Crippen LogP contribution in [0.1, 0.15) is 16.6 Å². The second-order valence-corrected chi connectivity index (χ2v) is 7.50. The Morgan fingerprint density at radius 1 is 1.19 bits per heavy atom. The summed E-state index contributed by atoms with van der Waals surface area (Å²) in [6.45, 7) is 1.22. The first-order valence-corrected chi connectivity index (χ1v) is 9.28. The fraction of sp³-hybridized carbons (Fsp3) is 0.111. The molecule has 1 aromatic heterocycles. The van der Waals surface area contributed by atoms with Gasteiger partial charge in [-0.25, -0.2) is 4.79 Å². The second-order valence-electron chi connectivity index (χ2n) is 5.33. The van der Waals surface area contributed by atoms with E-state index in [0.717, 1.165) is 16.2 Å². The van der Waals surface area contributed by atoms with Crippen molar-refractivity contribution >= 4 is 50.8 Å². The highest BCUT2D eigenvalue weighted by Crippen LogP contribution is 2.47. The number of esters is 2. The minimum absolute atomic E-state index is 0.0580. The summed E-state index contributed by atoms with van der Waals surface area (Å²) in [4.78, 5) is 36.0. The average molecular weight is 403 g/mol. The van der Waals surface area contributed by atoms with E-state index in [-0.39, 0.29) is 16.3 Å². The molecule has 0 aliphatic rings. The summed E-state index contributed by atoms with van der Waals surface area (Å²) in [5, 5.41) is 11.8. The van der Waals surface area contributed by atoms with Gasteiger partial charge in [-0.15, -0.1) is 11.3 Å². The first-order chi connectivity index (χ1) is 12.9. The molecule has 0 unspecified atom stereocenters. The van der Waals surface area contributed by atoms with E-state index in [4.69, 9.17) is 9.47 Å². The highest BCUT2D eigenvalue weighted by atomic mass is 32.2. The minimum atomic E-state index is -0.675. The highest BCUT2D eigenvalue weighted by molar-refractivity contribution is 7.99. The predicted molar refractivity (Wildman–Crippen MR) is 102 cm³/mol. The number of methoxy groups -OCH3 is 1. The quantitative estimate of drug-likeness (QED) is 0.347. The van der Waals surface area contributed by atoms with Crippen LogP contribution in [0.3, 0.4) is 0 Å². The van der Waals surface area contributed by atoms with E-state index in [1.807, 2.05) is 30.3 Å². The summed E-state index contributed by atoms with van der Waals surface area (Å²) < 4.78 is 10.5. The van der Waals surface area contributed by atoms with Gasteiger partial charge in [0.05, 0.1) is 17.4 Å². The summed E-state index contributed by atoms with van der Waals surface area (Å²) in [7, 11) is 1.21. The molecule has 0 aliphatic carbocycles. The molecule has 27 heavy (non-hydrogen) atoms. The van der Waals surface area contributed by atoms with Crippen molar-refractivity contribution in [2.75, 3.05) is 7.11 Å². The van der Waals surface area contributed by atoms with Crippen LogP contribution in [0.25, 0.3) is 10.1 Å². The molecule has 2 aromatic carbocycles. The lowest BCUT2D eigenvalue weighted by atomic mass is 10.2. The topological polar surface area (TPSA) is 95.7 Å². The van der Waals surface area contributed by atoms with Crippen molar-refractivity contribution in [1.29, 1.82) is 0 Å². The molecule has 3 aromatic rings. The SMILES string of the molecule is COC(=O)c1sc2cc([N+](=O)[O-])cc(Sc3ccccc3)c2c1OC(C)=O. The number of rotatable bonds is 5. The van der Waals surface area contributed by atoms with Gasteiger partial charge in [0.2, 0.25) is 0 Å². The van der Waals surface area contributed by atoms with Crippen molar-refractivity contribution in [2.45, 2.75) is 16.7 Å². The van der Waals surface area contributed by atoms with Gasteiger partial charge in [0.1, 0.15) is 0 Å². The number of nitro benzene ring substituents is 1. The van der Waals surface area contributed by atoms with Crippen LogP contribution in [-0.2, 0) is 9.53 Å². The molecule has 0 atom stereocenters. The molecule has 0 saturated heterocycles. The van der Waals surface area contributed by atoms with Crippen LogP contribution >= 0.6 is 23.1 Å². The maximum absolute atomic E-state index is 12.1. The Morgan fingerprint density at radius 2 is 1.89 bits per heavy atom. The van der Waals surface area contributed by atoms with Gasteiger partial charge in [0.25, 0.3) is 5.69 Å². The van der Waals surface area contributed by atoms with Crippen molar-refractivity contribution in [3.05, 3.63) is 57.5 Å². The number of hydrogen-bond donors (Lipinski definition) is 0. The van der Waals surface area contributed by atoms with Gasteiger partial charge in [-0.1, -0.05) is 30.0 Å². The maximum Gasteiger partial charge on any atom is 0.351 e. The summed E-state index contributed by atoms with van der Waals surface area (Å²) in [6, 6.07) is 12.0. The predicted octanol–water partition coefficient (Wildman–Crippen LogP) is 4.67. The van der Waals surface area contributed by atoms with Crippen molar-refractivity contribution in [3.8, 4) is 5.75 Å². The van der Waals surface area contributed by atoms with E-state index in [2.05, 4.69) is 0 Å². The fourth-order valence-corrected chi connectivity index (χ4v) is 4.62. The molecule has 3 rings (SSSR count). The van der Waals surface area contributed by atoms with E-state index in [9.17, 15) is 19.7 Å². The number of hydrogen-bond acceptors (Lipinski definition) is 8. The number of thiophene rings is 1. The molecule has 0 N–H and O–H groups in total. The lowest BCUT2D eigenvalue weighted by Crippen LogP contribution is -2.06. The first-order valence-electron chi connectivity index (χ1n) is 7.65. The third-order valence-electron chi connectivity index (χ3n) is 3.49. The van der Waals surface area contributed by atoms with Crippen LogP contribution in [-0.4, -0.2) is 24.0 Å². The number of nitro groups is 1. The van der Waals surface area contributed by atoms with Crippen molar-refractivity contribution in [1.82, 2.24) is 0 Å². The number of benzene rings is 2. The molecule has 0 aliphatic heterocycles. The minimum Gasteiger partial charge on any atom is -0.465 e. The number of fused-ring (bicyclic) bond motifs is 1. The maximum atomic E-state index is 12.1. The zero-order valence-corrected chi connectivity index (χ0v) is 15.9. The van der Waals surface area contributed by atoms with Crippen molar-refractivity contribution in [3.63, 3.8) is 0 Å². The number of carbonyl (C=O) groups is 2. The van der Waals surface area contributed by atoms with E-state index >= 15 is 0 Å². The van der Waals surface area contributed by atoms with Crippen LogP contribution in [0.15, 0.2) is 52.3 Å². The van der Waals surface area contributed by atoms with E-state index in [1.165, 1.54) is 37.9 Å². The number of non-ortho nitro benzene ring substituents is 1. The van der Waals surface area contributed by atoms with Crippen molar-refractivity contribution < 1.29 is 24.0 Å². The Labute approximate surface area is 162 Å². The number of nitrogens with zero attached hydrogens (tertiary/aromatic N) is 1. The zero-order valence-electron chi connectivity index (χ0n) is 14.3. The van der Waals surface area contributed by atoms with E-state index < -0.39 is 16.9 Å². The second kappa shape index (κ2) is 7.77. The monoisotopic (exact) mass is 403 g/mol. The molecular weight excluding hydrogens is 390 g/mol. The Kier molecular flexibility index (Phi) is 5.43. The zero-order chi connectivity index (χ0) is 19.6. The fourth-order valence-electron chi connectivity index (χ4n) is 2.42. The Bertz CT molecular complexity index is 1040. The normalized spacial score (nSPS) is 10.6. The molecule has 9 heteroatoms. The van der Waals surface area contributed by atoms with Gasteiger partial charge >= 0.3 is 11.9 Å². The molecule has 0 saturated carbocycles. The third kappa shape index (κ3) is 3.93. The van der Waals surface area contributed by atoms with Gasteiger partial charge in [0.15, 0.2) is 10.6 Å². The molecule has 0 fully saturated rings. The molecule has 0 amide bonds. The van der Waals surface area contributed by atoms with Gasteiger partial charge < -0.3 is 9.47 Å². The lowest BCUT2D eigenvalue weighted by molar-refractivity contribution is -0.384. The molecule has 1 heterocycles. The van der Waals surface area contributed by atoms with Gasteiger partial charge in [-0.05, 0) is 12.1 Å². The molecular formula is C18H13NO6S2. The molecule has 7 nitrogen and oxygen atoms in total. The van der Waals surface area contributed by atoms with Gasteiger partial charge in [-0.2, -0.15) is 0 Å². The summed E-state index contributed by atoms with van der Waals surface area (Å²) in [5.74, 6) is -1.22. The van der Waals surface area contributed by atoms with Crippen LogP contribution < -0.4 is 4.74 Å². The molecule has 0 radical (unpaired) electrons. The summed E-state index contributed by atoms with van der Waals surface area (Å²) >= 11 is 2.27. The third-order valence-corrected chi connectivity index (χ3v) is 5.64. The van der Waals surface area contributed by atoms with E-state index in [0.29, 0.717) is 15.0 Å². The van der Waals surface area contributed by atoms with Gasteiger partial charge in [-0.3, -0.25) is 14.9 Å². The molecule has 0 spiro atoms. The van der Waals surface area contributed by atoms with Gasteiger partial charge in [0, 0.05) is 33.5 Å². The first kappa shape index (κ1) is 18.9. The summed E-state index contributed by atoms with van der Waals surface area (Å²) in [6.07, 6.45) is 0. The van der Waals surface area contributed by atoms with Crippen LogP contribution in [0.2, 0.25) is 0 Å². The Hall–Kier alpha value is -2.91. The molecule has 0 bridgehead atoms. The van der Waals surface area contributed by atoms with Crippen LogP contribution in [0, 0.1) is 10.1 Å². The Morgan fingerprint density at radius 3 is 2.48 bits per heavy atom. The average Bonchev–Trinajstić information content (AvgIpc) is 3.00. The standard InChI is InChI=1S/C18H13NO6S2/c1-10(20)25-16-15-13(26-12-6-4-3-5-7-12)8-11(19(22)23)9-14(15)27-17(16)18(21)24-2/h3-9H,1-2H3. The van der Waals surface area contributed by atoms with Crippen LogP contribution in [0.5, 0.6) is 5.75 Å². The lowest BCUT2D eigenvalue weighted by Gasteiger charge is -2.07. The highest BCUT2D eigenvalue weighted by Gasteiger charge is 2.26. The number of carbonyl (C=O) groups excluding carboxylic acids is 2. The largest absolute Gasteiger partial charge is 0.465 e. The number of ether oxygens (including phenoxy) is 2. The molecule has 138 valence electrons. The van der Waals surface area contributed by atoms with Crippen molar-refractivity contribution in [2.24, 2.45) is 0 Å². The van der Waals surface area contributed by atoms with Crippen LogP contribution in [0.4, 0.5) is 5.69 Å².